The average molecular weight is 459 g/mol. The Hall–Kier alpha value is -4.82. The van der Waals surface area contributed by atoms with Crippen LogP contribution >= 0.6 is 0 Å². The largest absolute Gasteiger partial charge is 0.355 e. The van der Waals surface area contributed by atoms with Gasteiger partial charge in [-0.15, -0.1) is 0 Å². The first-order valence-corrected chi connectivity index (χ1v) is 12.4. The van der Waals surface area contributed by atoms with Gasteiger partial charge in [0.05, 0.1) is 11.0 Å². The van der Waals surface area contributed by atoms with E-state index in [-0.39, 0.29) is 0 Å². The molecule has 2 heterocycles. The summed E-state index contributed by atoms with van der Waals surface area (Å²) in [5, 5.41) is 7.68. The molecule has 8 rings (SSSR count). The number of rotatable bonds is 2. The fourth-order valence-electron chi connectivity index (χ4n) is 5.94. The molecule has 168 valence electrons. The lowest BCUT2D eigenvalue weighted by molar-refractivity contribution is 1.18. The molecule has 2 aromatic heterocycles. The van der Waals surface area contributed by atoms with Crippen molar-refractivity contribution in [3.8, 4) is 16.8 Å². The van der Waals surface area contributed by atoms with Gasteiger partial charge in [-0.25, -0.2) is 0 Å². The minimum atomic E-state index is 1.17. The maximum atomic E-state index is 3.57. The Morgan fingerprint density at radius 2 is 1.11 bits per heavy atom. The van der Waals surface area contributed by atoms with Gasteiger partial charge in [0.25, 0.3) is 0 Å². The quantitative estimate of drug-likeness (QED) is 0.266. The molecule has 0 aliphatic rings. The Morgan fingerprint density at radius 3 is 1.97 bits per heavy atom. The minimum Gasteiger partial charge on any atom is -0.355 e. The third-order valence-electron chi connectivity index (χ3n) is 7.51. The van der Waals surface area contributed by atoms with Crippen molar-refractivity contribution in [2.45, 2.75) is 0 Å². The van der Waals surface area contributed by atoms with E-state index in [0.29, 0.717) is 0 Å². The zero-order valence-corrected chi connectivity index (χ0v) is 19.6. The topological polar surface area (TPSA) is 20.7 Å². The van der Waals surface area contributed by atoms with Crippen LogP contribution in [0.15, 0.2) is 127 Å². The number of aromatic nitrogens is 2. The second kappa shape index (κ2) is 7.34. The molecule has 0 atom stereocenters. The van der Waals surface area contributed by atoms with Gasteiger partial charge in [-0.3, -0.25) is 0 Å². The third-order valence-corrected chi connectivity index (χ3v) is 7.51. The summed E-state index contributed by atoms with van der Waals surface area (Å²) >= 11 is 0. The molecule has 0 aliphatic carbocycles. The molecule has 2 heteroatoms. The lowest BCUT2D eigenvalue weighted by atomic mass is 9.94. The third kappa shape index (κ3) is 2.67. The highest BCUT2D eigenvalue weighted by atomic mass is 15.0. The molecule has 1 N–H and O–H groups in total. The highest BCUT2D eigenvalue weighted by Gasteiger charge is 2.18. The van der Waals surface area contributed by atoms with Crippen LogP contribution < -0.4 is 0 Å². The van der Waals surface area contributed by atoms with Crippen LogP contribution in [0.25, 0.3) is 71.2 Å². The number of hydrogen-bond acceptors (Lipinski definition) is 0. The highest BCUT2D eigenvalue weighted by Crippen LogP contribution is 2.42. The maximum absolute atomic E-state index is 3.57. The first-order chi connectivity index (χ1) is 17.9. The lowest BCUT2D eigenvalue weighted by Gasteiger charge is -2.12. The molecule has 0 spiro atoms. The molecule has 6 aromatic carbocycles. The van der Waals surface area contributed by atoms with E-state index in [2.05, 4.69) is 137 Å². The molecule has 0 saturated carbocycles. The van der Waals surface area contributed by atoms with Crippen LogP contribution in [0, 0.1) is 0 Å². The second-order valence-corrected chi connectivity index (χ2v) is 9.48. The molecule has 0 bridgehead atoms. The normalized spacial score (nSPS) is 11.9. The standard InChI is InChI=1S/C34H22N2/c1-2-10-23(11-3-1)36-32-17-9-7-15-27(32)34-26-14-5-4-12-24(26)28(21-33(34)36)22-18-19-31-29(20-22)25-13-6-8-16-30(25)35-31/h1-21,35H. The van der Waals surface area contributed by atoms with Crippen molar-refractivity contribution in [1.82, 2.24) is 9.55 Å². The van der Waals surface area contributed by atoms with Crippen LogP contribution in [0.2, 0.25) is 0 Å². The van der Waals surface area contributed by atoms with Gasteiger partial charge < -0.3 is 9.55 Å². The maximum Gasteiger partial charge on any atom is 0.0553 e. The summed E-state index contributed by atoms with van der Waals surface area (Å²) in [5.74, 6) is 0. The van der Waals surface area contributed by atoms with E-state index in [1.807, 2.05) is 0 Å². The molecule has 0 saturated heterocycles. The molecule has 0 radical (unpaired) electrons. The van der Waals surface area contributed by atoms with Gasteiger partial charge in [0.2, 0.25) is 0 Å². The van der Waals surface area contributed by atoms with Crippen molar-refractivity contribution in [3.05, 3.63) is 127 Å². The first kappa shape index (κ1) is 19.5. The molecule has 2 nitrogen and oxygen atoms in total. The Labute approximate surface area is 208 Å². The van der Waals surface area contributed by atoms with E-state index in [1.54, 1.807) is 0 Å². The first-order valence-electron chi connectivity index (χ1n) is 12.4. The number of nitrogens with zero attached hydrogens (tertiary/aromatic N) is 1. The molecule has 0 fully saturated rings. The van der Waals surface area contributed by atoms with E-state index in [0.717, 1.165) is 0 Å². The molecular formula is C34H22N2. The van der Waals surface area contributed by atoms with Crippen molar-refractivity contribution in [2.75, 3.05) is 0 Å². The van der Waals surface area contributed by atoms with Crippen LogP contribution in [0.1, 0.15) is 0 Å². The number of para-hydroxylation sites is 3. The summed E-state index contributed by atoms with van der Waals surface area (Å²) in [6.45, 7) is 0. The summed E-state index contributed by atoms with van der Waals surface area (Å²) in [4.78, 5) is 3.57. The summed E-state index contributed by atoms with van der Waals surface area (Å²) in [6.07, 6.45) is 0. The fourth-order valence-corrected chi connectivity index (χ4v) is 5.94. The number of H-pyrrole nitrogens is 1. The zero-order valence-electron chi connectivity index (χ0n) is 19.6. The van der Waals surface area contributed by atoms with Gasteiger partial charge in [-0.2, -0.15) is 0 Å². The van der Waals surface area contributed by atoms with E-state index in [1.165, 1.54) is 71.2 Å². The number of nitrogens with one attached hydrogen (secondary N) is 1. The van der Waals surface area contributed by atoms with Gasteiger partial charge in [0.15, 0.2) is 0 Å². The predicted octanol–water partition coefficient (Wildman–Crippen LogP) is 9.24. The van der Waals surface area contributed by atoms with Crippen LogP contribution in [-0.4, -0.2) is 9.55 Å². The van der Waals surface area contributed by atoms with Gasteiger partial charge in [-0.05, 0) is 64.4 Å². The number of benzene rings is 6. The Balaban J connectivity index is 1.53. The summed E-state index contributed by atoms with van der Waals surface area (Å²) in [6, 6.07) is 46.0. The zero-order chi connectivity index (χ0) is 23.6. The van der Waals surface area contributed by atoms with Crippen LogP contribution in [0.5, 0.6) is 0 Å². The van der Waals surface area contributed by atoms with Crippen molar-refractivity contribution in [2.24, 2.45) is 0 Å². The lowest BCUT2D eigenvalue weighted by Crippen LogP contribution is -1.93. The highest BCUT2D eigenvalue weighted by molar-refractivity contribution is 6.24. The average Bonchev–Trinajstić information content (AvgIpc) is 3.48. The molecule has 0 aliphatic heterocycles. The van der Waals surface area contributed by atoms with E-state index in [9.17, 15) is 0 Å². The van der Waals surface area contributed by atoms with Gasteiger partial charge in [0.1, 0.15) is 0 Å². The molecule has 36 heavy (non-hydrogen) atoms. The van der Waals surface area contributed by atoms with E-state index in [4.69, 9.17) is 0 Å². The molecule has 0 amide bonds. The minimum absolute atomic E-state index is 1.17. The Morgan fingerprint density at radius 1 is 0.444 bits per heavy atom. The van der Waals surface area contributed by atoms with Gasteiger partial charge >= 0.3 is 0 Å². The van der Waals surface area contributed by atoms with Gasteiger partial charge in [-0.1, -0.05) is 84.9 Å². The molecule has 0 unspecified atom stereocenters. The molecular weight excluding hydrogens is 436 g/mol. The monoisotopic (exact) mass is 458 g/mol. The molecule has 8 aromatic rings. The van der Waals surface area contributed by atoms with Crippen LogP contribution in [0.4, 0.5) is 0 Å². The van der Waals surface area contributed by atoms with Crippen molar-refractivity contribution >= 4 is 54.4 Å². The summed E-state index contributed by atoms with van der Waals surface area (Å²) in [7, 11) is 0. The number of hydrogen-bond donors (Lipinski definition) is 1. The van der Waals surface area contributed by atoms with Crippen LogP contribution in [0.3, 0.4) is 0 Å². The Kier molecular flexibility index (Phi) is 3.97. The fraction of sp³-hybridized carbons (Fsp3) is 0. The summed E-state index contributed by atoms with van der Waals surface area (Å²) in [5.41, 5.74) is 8.47. The predicted molar refractivity (Wildman–Crippen MR) is 153 cm³/mol. The number of fused-ring (bicyclic) bond motifs is 8. The van der Waals surface area contributed by atoms with Crippen molar-refractivity contribution < 1.29 is 0 Å². The van der Waals surface area contributed by atoms with E-state index < -0.39 is 0 Å². The van der Waals surface area contributed by atoms with Crippen LogP contribution in [-0.2, 0) is 0 Å². The van der Waals surface area contributed by atoms with Crippen molar-refractivity contribution in [3.63, 3.8) is 0 Å². The van der Waals surface area contributed by atoms with Crippen molar-refractivity contribution in [1.29, 1.82) is 0 Å². The smallest absolute Gasteiger partial charge is 0.0553 e. The summed E-state index contributed by atoms with van der Waals surface area (Å²) < 4.78 is 2.41. The number of aromatic amines is 1. The van der Waals surface area contributed by atoms with Gasteiger partial charge in [0, 0.05) is 38.3 Å². The van der Waals surface area contributed by atoms with E-state index >= 15 is 0 Å². The second-order valence-electron chi connectivity index (χ2n) is 9.48. The Bertz CT molecular complexity index is 2090. The SMILES string of the molecule is c1ccc(-n2c3ccccc3c3c4ccccc4c(-c4ccc5[nH]c6ccccc6c5c4)cc32)cc1.